The number of fused-ring (bicyclic) bond motifs is 1. The quantitative estimate of drug-likeness (QED) is 0.623. The van der Waals surface area contributed by atoms with Crippen LogP contribution < -0.4 is 0 Å². The van der Waals surface area contributed by atoms with Gasteiger partial charge in [-0.25, -0.2) is 4.98 Å². The molecule has 12 heavy (non-hydrogen) atoms. The van der Waals surface area contributed by atoms with Gasteiger partial charge < -0.3 is 4.57 Å². The third-order valence-electron chi connectivity index (χ3n) is 1.95. The molecule has 1 aromatic carbocycles. The normalized spacial score (nSPS) is 10.4. The van der Waals surface area contributed by atoms with Gasteiger partial charge >= 0.3 is 0 Å². The molecule has 0 N–H and O–H groups in total. The molecule has 0 saturated carbocycles. The molecule has 0 atom stereocenters. The van der Waals surface area contributed by atoms with Crippen LogP contribution in [0.5, 0.6) is 0 Å². The maximum atomic E-state index is 4.38. The summed E-state index contributed by atoms with van der Waals surface area (Å²) in [6, 6.07) is 8.03. The van der Waals surface area contributed by atoms with E-state index in [4.69, 9.17) is 0 Å². The van der Waals surface area contributed by atoms with Crippen LogP contribution in [-0.2, 0) is 0 Å². The summed E-state index contributed by atoms with van der Waals surface area (Å²) in [7, 11) is 0. The fourth-order valence-corrected chi connectivity index (χ4v) is 1.40. The van der Waals surface area contributed by atoms with Crippen molar-refractivity contribution in [2.75, 3.05) is 0 Å². The highest BCUT2D eigenvalue weighted by Gasteiger charge is 2.01. The highest BCUT2D eigenvalue weighted by molar-refractivity contribution is 5.77. The topological polar surface area (TPSA) is 17.8 Å². The Morgan fingerprint density at radius 1 is 1.42 bits per heavy atom. The first-order valence-corrected chi connectivity index (χ1v) is 3.89. The smallest absolute Gasteiger partial charge is 0.110 e. The van der Waals surface area contributed by atoms with Crippen LogP contribution in [0.15, 0.2) is 30.8 Å². The molecule has 2 aromatic rings. The molecule has 0 unspecified atom stereocenters. The fraction of sp³-hybridized carbons (Fsp3) is 0.100. The van der Waals surface area contributed by atoms with Crippen LogP contribution >= 0.6 is 0 Å². The van der Waals surface area contributed by atoms with Crippen LogP contribution in [0, 0.1) is 6.92 Å². The lowest BCUT2D eigenvalue weighted by molar-refractivity contribution is 1.06. The standard InChI is InChI=1S/C10H10N2/c1-3-12-8(2)11-9-6-4-5-7-10(9)12/h3-7H,1H2,2H3. The lowest BCUT2D eigenvalue weighted by Crippen LogP contribution is -1.87. The van der Waals surface area contributed by atoms with E-state index in [0.717, 1.165) is 16.9 Å². The molecule has 2 heteroatoms. The van der Waals surface area contributed by atoms with E-state index in [1.165, 1.54) is 0 Å². The molecular formula is C10H10N2. The molecule has 0 spiro atoms. The Labute approximate surface area is 71.2 Å². The summed E-state index contributed by atoms with van der Waals surface area (Å²) in [6.07, 6.45) is 1.78. The second-order valence-corrected chi connectivity index (χ2v) is 2.70. The number of aromatic nitrogens is 2. The maximum Gasteiger partial charge on any atom is 0.110 e. The van der Waals surface area contributed by atoms with Crippen molar-refractivity contribution in [1.29, 1.82) is 0 Å². The van der Waals surface area contributed by atoms with Crippen molar-refractivity contribution in [2.45, 2.75) is 6.92 Å². The van der Waals surface area contributed by atoms with E-state index < -0.39 is 0 Å². The van der Waals surface area contributed by atoms with E-state index in [9.17, 15) is 0 Å². The van der Waals surface area contributed by atoms with Crippen LogP contribution in [0.3, 0.4) is 0 Å². The summed E-state index contributed by atoms with van der Waals surface area (Å²) < 4.78 is 1.98. The van der Waals surface area contributed by atoms with Gasteiger partial charge in [0.25, 0.3) is 0 Å². The molecule has 0 aliphatic rings. The Bertz CT molecular complexity index is 426. The summed E-state index contributed by atoms with van der Waals surface area (Å²) in [4.78, 5) is 4.38. The molecule has 2 rings (SSSR count). The summed E-state index contributed by atoms with van der Waals surface area (Å²) in [6.45, 7) is 5.71. The van der Waals surface area contributed by atoms with E-state index in [1.807, 2.05) is 35.8 Å². The maximum absolute atomic E-state index is 4.38. The highest BCUT2D eigenvalue weighted by atomic mass is 15.1. The molecule has 0 aliphatic heterocycles. The molecule has 1 heterocycles. The molecule has 1 aromatic heterocycles. The van der Waals surface area contributed by atoms with Crippen molar-refractivity contribution in [3.63, 3.8) is 0 Å². The Morgan fingerprint density at radius 3 is 2.92 bits per heavy atom. The van der Waals surface area contributed by atoms with Crippen LogP contribution in [0.25, 0.3) is 17.2 Å². The number of hydrogen-bond acceptors (Lipinski definition) is 1. The van der Waals surface area contributed by atoms with Gasteiger partial charge in [-0.1, -0.05) is 18.7 Å². The highest BCUT2D eigenvalue weighted by Crippen LogP contribution is 2.14. The Balaban J connectivity index is 2.90. The number of aryl methyl sites for hydroxylation is 1. The predicted octanol–water partition coefficient (Wildman–Crippen LogP) is 2.45. The minimum absolute atomic E-state index is 0.978. The molecule has 0 fully saturated rings. The summed E-state index contributed by atoms with van der Waals surface area (Å²) in [5.74, 6) is 0.978. The van der Waals surface area contributed by atoms with Crippen molar-refractivity contribution in [3.8, 4) is 0 Å². The molecule has 0 amide bonds. The van der Waals surface area contributed by atoms with Gasteiger partial charge in [-0.05, 0) is 19.1 Å². The molecule has 0 saturated heterocycles. The third kappa shape index (κ3) is 0.848. The fourth-order valence-electron chi connectivity index (χ4n) is 1.40. The van der Waals surface area contributed by atoms with Gasteiger partial charge in [0.2, 0.25) is 0 Å². The Kier molecular flexibility index (Phi) is 1.47. The van der Waals surface area contributed by atoms with Crippen LogP contribution in [0.2, 0.25) is 0 Å². The zero-order valence-corrected chi connectivity index (χ0v) is 6.99. The SMILES string of the molecule is C=Cn1c(C)nc2ccccc21. The van der Waals surface area contributed by atoms with E-state index in [2.05, 4.69) is 11.6 Å². The van der Waals surface area contributed by atoms with Gasteiger partial charge in [-0.15, -0.1) is 0 Å². The van der Waals surface area contributed by atoms with Crippen molar-refractivity contribution in [1.82, 2.24) is 9.55 Å². The zero-order valence-electron chi connectivity index (χ0n) is 6.99. The minimum atomic E-state index is 0.978. The molecule has 2 nitrogen and oxygen atoms in total. The first-order valence-electron chi connectivity index (χ1n) is 3.89. The molecule has 0 bridgehead atoms. The summed E-state index contributed by atoms with van der Waals surface area (Å²) in [5, 5.41) is 0. The predicted molar refractivity (Wildman–Crippen MR) is 50.9 cm³/mol. The van der Waals surface area contributed by atoms with Gasteiger partial charge in [-0.2, -0.15) is 0 Å². The van der Waals surface area contributed by atoms with Gasteiger partial charge in [0.15, 0.2) is 0 Å². The van der Waals surface area contributed by atoms with Gasteiger partial charge in [0.1, 0.15) is 5.82 Å². The van der Waals surface area contributed by atoms with Crippen LogP contribution in [0.1, 0.15) is 5.82 Å². The molecule has 0 aliphatic carbocycles. The van der Waals surface area contributed by atoms with E-state index in [-0.39, 0.29) is 0 Å². The van der Waals surface area contributed by atoms with Gasteiger partial charge in [0.05, 0.1) is 11.0 Å². The van der Waals surface area contributed by atoms with Crippen molar-refractivity contribution >= 4 is 17.2 Å². The number of para-hydroxylation sites is 2. The van der Waals surface area contributed by atoms with Crippen molar-refractivity contribution in [3.05, 3.63) is 36.7 Å². The minimum Gasteiger partial charge on any atom is -0.304 e. The zero-order chi connectivity index (χ0) is 8.55. The molecular weight excluding hydrogens is 148 g/mol. The molecule has 60 valence electrons. The van der Waals surface area contributed by atoms with E-state index in [1.54, 1.807) is 6.20 Å². The number of imidazole rings is 1. The van der Waals surface area contributed by atoms with Crippen molar-refractivity contribution in [2.24, 2.45) is 0 Å². The Hall–Kier alpha value is -1.57. The lowest BCUT2D eigenvalue weighted by Gasteiger charge is -1.95. The average molecular weight is 158 g/mol. The second-order valence-electron chi connectivity index (χ2n) is 2.70. The number of hydrogen-bond donors (Lipinski definition) is 0. The van der Waals surface area contributed by atoms with Gasteiger partial charge in [-0.3, -0.25) is 0 Å². The summed E-state index contributed by atoms with van der Waals surface area (Å²) in [5.41, 5.74) is 2.14. The number of benzene rings is 1. The monoisotopic (exact) mass is 158 g/mol. The lowest BCUT2D eigenvalue weighted by atomic mass is 10.3. The molecule has 0 radical (unpaired) electrons. The van der Waals surface area contributed by atoms with Crippen molar-refractivity contribution < 1.29 is 0 Å². The van der Waals surface area contributed by atoms with E-state index in [0.29, 0.717) is 0 Å². The number of rotatable bonds is 1. The van der Waals surface area contributed by atoms with Crippen LogP contribution in [-0.4, -0.2) is 9.55 Å². The average Bonchev–Trinajstić information content (AvgIpc) is 2.40. The van der Waals surface area contributed by atoms with Crippen LogP contribution in [0.4, 0.5) is 0 Å². The summed E-state index contributed by atoms with van der Waals surface area (Å²) >= 11 is 0. The van der Waals surface area contributed by atoms with E-state index >= 15 is 0 Å². The van der Waals surface area contributed by atoms with Gasteiger partial charge in [0, 0.05) is 6.20 Å². The largest absolute Gasteiger partial charge is 0.304 e. The first kappa shape index (κ1) is 7.10. The second kappa shape index (κ2) is 2.48. The number of nitrogens with zero attached hydrogens (tertiary/aromatic N) is 2. The third-order valence-corrected chi connectivity index (χ3v) is 1.95. The Morgan fingerprint density at radius 2 is 2.17 bits per heavy atom. The first-order chi connectivity index (χ1) is 5.83.